The minimum atomic E-state index is -0.00773. The molecule has 1 N–H and O–H groups in total. The second-order valence-corrected chi connectivity index (χ2v) is 6.49. The van der Waals surface area contributed by atoms with Gasteiger partial charge in [-0.25, -0.2) is 0 Å². The van der Waals surface area contributed by atoms with E-state index in [2.05, 4.69) is 5.32 Å². The lowest BCUT2D eigenvalue weighted by Crippen LogP contribution is -2.24. The number of carbonyl (C=O) groups is 1. The number of amides is 1. The fraction of sp³-hybridized carbons (Fsp3) is 0.188. The van der Waals surface area contributed by atoms with Crippen LogP contribution in [0, 0.1) is 6.92 Å². The molecule has 0 aliphatic carbocycles. The fourth-order valence-electron chi connectivity index (χ4n) is 1.68. The summed E-state index contributed by atoms with van der Waals surface area (Å²) in [5.74, 6) is 0.386. The molecule has 5 heteroatoms. The molecule has 0 atom stereocenters. The molecule has 0 saturated carbocycles. The summed E-state index contributed by atoms with van der Waals surface area (Å²) in [6, 6.07) is 13.5. The highest BCUT2D eigenvalue weighted by molar-refractivity contribution is 8.00. The van der Waals surface area contributed by atoms with Crippen LogP contribution in [0.15, 0.2) is 47.4 Å². The van der Waals surface area contributed by atoms with Crippen LogP contribution in [-0.2, 0) is 11.3 Å². The van der Waals surface area contributed by atoms with Crippen LogP contribution in [-0.4, -0.2) is 11.7 Å². The van der Waals surface area contributed by atoms with Gasteiger partial charge >= 0.3 is 0 Å². The maximum Gasteiger partial charge on any atom is 0.230 e. The smallest absolute Gasteiger partial charge is 0.230 e. The number of rotatable bonds is 5. The van der Waals surface area contributed by atoms with Gasteiger partial charge in [-0.1, -0.05) is 47.0 Å². The van der Waals surface area contributed by atoms with Gasteiger partial charge in [0, 0.05) is 11.4 Å². The van der Waals surface area contributed by atoms with Crippen molar-refractivity contribution in [2.24, 2.45) is 0 Å². The minimum Gasteiger partial charge on any atom is -0.351 e. The Morgan fingerprint density at radius 3 is 2.48 bits per heavy atom. The first kappa shape index (κ1) is 16.2. The van der Waals surface area contributed by atoms with Crippen molar-refractivity contribution >= 4 is 40.9 Å². The lowest BCUT2D eigenvalue weighted by atomic mass is 10.2. The Hall–Kier alpha value is -1.16. The van der Waals surface area contributed by atoms with E-state index in [1.807, 2.05) is 37.3 Å². The van der Waals surface area contributed by atoms with Crippen LogP contribution in [0.1, 0.15) is 11.1 Å². The predicted molar refractivity (Wildman–Crippen MR) is 90.2 cm³/mol. The zero-order chi connectivity index (χ0) is 15.2. The highest BCUT2D eigenvalue weighted by atomic mass is 35.5. The second kappa shape index (κ2) is 7.74. The average molecular weight is 340 g/mol. The van der Waals surface area contributed by atoms with Gasteiger partial charge in [-0.2, -0.15) is 0 Å². The molecule has 2 aromatic rings. The number of carbonyl (C=O) groups excluding carboxylic acids is 1. The molecular weight excluding hydrogens is 325 g/mol. The van der Waals surface area contributed by atoms with Crippen molar-refractivity contribution in [1.29, 1.82) is 0 Å². The van der Waals surface area contributed by atoms with E-state index in [0.29, 0.717) is 22.3 Å². The molecule has 110 valence electrons. The molecule has 2 nitrogen and oxygen atoms in total. The average Bonchev–Trinajstić information content (AvgIpc) is 2.48. The number of aryl methyl sites for hydroxylation is 1. The molecule has 21 heavy (non-hydrogen) atoms. The maximum absolute atomic E-state index is 11.8. The largest absolute Gasteiger partial charge is 0.351 e. The normalized spacial score (nSPS) is 10.4. The molecule has 0 aliphatic rings. The van der Waals surface area contributed by atoms with Crippen molar-refractivity contribution in [1.82, 2.24) is 5.32 Å². The highest BCUT2D eigenvalue weighted by Crippen LogP contribution is 2.22. The van der Waals surface area contributed by atoms with E-state index in [1.165, 1.54) is 17.3 Å². The third kappa shape index (κ3) is 5.27. The first-order valence-corrected chi connectivity index (χ1v) is 8.19. The summed E-state index contributed by atoms with van der Waals surface area (Å²) in [6.45, 7) is 2.49. The van der Waals surface area contributed by atoms with Crippen LogP contribution in [0.2, 0.25) is 10.0 Å². The molecule has 0 saturated heterocycles. The van der Waals surface area contributed by atoms with E-state index in [1.54, 1.807) is 12.1 Å². The zero-order valence-corrected chi connectivity index (χ0v) is 13.9. The first-order valence-electron chi connectivity index (χ1n) is 6.44. The Balaban J connectivity index is 1.79. The molecule has 0 spiro atoms. The van der Waals surface area contributed by atoms with Crippen LogP contribution in [0.25, 0.3) is 0 Å². The maximum atomic E-state index is 11.8. The van der Waals surface area contributed by atoms with E-state index < -0.39 is 0 Å². The van der Waals surface area contributed by atoms with E-state index in [4.69, 9.17) is 23.2 Å². The SMILES string of the molecule is Cc1ccc(SCC(=O)NCc2ccc(Cl)c(Cl)c2)cc1. The van der Waals surface area contributed by atoms with Crippen molar-refractivity contribution in [3.8, 4) is 0 Å². The van der Waals surface area contributed by atoms with Gasteiger partial charge in [-0.15, -0.1) is 11.8 Å². The van der Waals surface area contributed by atoms with Crippen LogP contribution in [0.4, 0.5) is 0 Å². The number of hydrogen-bond acceptors (Lipinski definition) is 2. The Kier molecular flexibility index (Phi) is 5.97. The monoisotopic (exact) mass is 339 g/mol. The molecule has 0 fully saturated rings. The van der Waals surface area contributed by atoms with Crippen LogP contribution in [0.5, 0.6) is 0 Å². The van der Waals surface area contributed by atoms with Crippen molar-refractivity contribution in [3.05, 3.63) is 63.6 Å². The molecule has 0 radical (unpaired) electrons. The van der Waals surface area contributed by atoms with Gasteiger partial charge in [-0.3, -0.25) is 4.79 Å². The van der Waals surface area contributed by atoms with Crippen molar-refractivity contribution in [2.45, 2.75) is 18.4 Å². The molecule has 2 aromatic carbocycles. The Labute approximate surface area is 138 Å². The Morgan fingerprint density at radius 1 is 1.10 bits per heavy atom. The second-order valence-electron chi connectivity index (χ2n) is 4.63. The van der Waals surface area contributed by atoms with Gasteiger partial charge in [0.25, 0.3) is 0 Å². The number of halogens is 2. The summed E-state index contributed by atoms with van der Waals surface area (Å²) in [5.41, 5.74) is 2.14. The first-order chi connectivity index (χ1) is 10.0. The number of thioether (sulfide) groups is 1. The van der Waals surface area contributed by atoms with Crippen LogP contribution >= 0.6 is 35.0 Å². The quantitative estimate of drug-likeness (QED) is 0.799. The lowest BCUT2D eigenvalue weighted by molar-refractivity contribution is -0.118. The summed E-state index contributed by atoms with van der Waals surface area (Å²) in [5, 5.41) is 3.88. The standard InChI is InChI=1S/C16H15Cl2NOS/c1-11-2-5-13(6-3-11)21-10-16(20)19-9-12-4-7-14(17)15(18)8-12/h2-8H,9-10H2,1H3,(H,19,20). The summed E-state index contributed by atoms with van der Waals surface area (Å²) in [6.07, 6.45) is 0. The van der Waals surface area contributed by atoms with Crippen LogP contribution in [0.3, 0.4) is 0 Å². The van der Waals surface area contributed by atoms with Gasteiger partial charge in [-0.05, 0) is 36.8 Å². The Bertz CT molecular complexity index is 629. The van der Waals surface area contributed by atoms with Crippen molar-refractivity contribution in [2.75, 3.05) is 5.75 Å². The summed E-state index contributed by atoms with van der Waals surface area (Å²) >= 11 is 13.3. The third-order valence-corrected chi connectivity index (χ3v) is 4.62. The predicted octanol–water partition coefficient (Wildman–Crippen LogP) is 4.71. The van der Waals surface area contributed by atoms with Crippen molar-refractivity contribution < 1.29 is 4.79 Å². The van der Waals surface area contributed by atoms with Crippen molar-refractivity contribution in [3.63, 3.8) is 0 Å². The molecule has 0 bridgehead atoms. The highest BCUT2D eigenvalue weighted by Gasteiger charge is 2.04. The van der Waals surface area contributed by atoms with Gasteiger partial charge in [0.1, 0.15) is 0 Å². The molecule has 2 rings (SSSR count). The summed E-state index contributed by atoms with van der Waals surface area (Å²) < 4.78 is 0. The lowest BCUT2D eigenvalue weighted by Gasteiger charge is -2.06. The van der Waals surface area contributed by atoms with Gasteiger partial charge in [0.15, 0.2) is 0 Å². The molecule has 0 unspecified atom stereocenters. The molecule has 0 aromatic heterocycles. The number of benzene rings is 2. The Morgan fingerprint density at radius 2 is 1.81 bits per heavy atom. The topological polar surface area (TPSA) is 29.1 Å². The van der Waals surface area contributed by atoms with E-state index in [-0.39, 0.29) is 5.91 Å². The van der Waals surface area contributed by atoms with Gasteiger partial charge in [0.05, 0.1) is 15.8 Å². The third-order valence-electron chi connectivity index (χ3n) is 2.86. The molecule has 0 aliphatic heterocycles. The van der Waals surface area contributed by atoms with E-state index >= 15 is 0 Å². The van der Waals surface area contributed by atoms with E-state index in [0.717, 1.165) is 10.5 Å². The number of hydrogen-bond donors (Lipinski definition) is 1. The molecule has 0 heterocycles. The number of nitrogens with one attached hydrogen (secondary N) is 1. The van der Waals surface area contributed by atoms with Gasteiger partial charge < -0.3 is 5.32 Å². The van der Waals surface area contributed by atoms with E-state index in [9.17, 15) is 4.79 Å². The van der Waals surface area contributed by atoms with Crippen LogP contribution < -0.4 is 5.32 Å². The minimum absolute atomic E-state index is 0.00773. The molecular formula is C16H15Cl2NOS. The van der Waals surface area contributed by atoms with Gasteiger partial charge in [0.2, 0.25) is 5.91 Å². The molecule has 1 amide bonds. The summed E-state index contributed by atoms with van der Waals surface area (Å²) in [4.78, 5) is 12.9. The zero-order valence-electron chi connectivity index (χ0n) is 11.5. The summed E-state index contributed by atoms with van der Waals surface area (Å²) in [7, 11) is 0. The fourth-order valence-corrected chi connectivity index (χ4v) is 2.73.